The molecule has 0 bridgehead atoms. The fourth-order valence-corrected chi connectivity index (χ4v) is 4.98. The van der Waals surface area contributed by atoms with Crippen LogP contribution in [0.2, 0.25) is 5.02 Å². The van der Waals surface area contributed by atoms with Gasteiger partial charge in [-0.1, -0.05) is 11.6 Å². The Morgan fingerprint density at radius 3 is 2.23 bits per heavy atom. The highest BCUT2D eigenvalue weighted by atomic mass is 35.5. The third-order valence-corrected chi connectivity index (χ3v) is 7.39. The van der Waals surface area contributed by atoms with Crippen molar-refractivity contribution in [1.82, 2.24) is 9.62 Å². The van der Waals surface area contributed by atoms with E-state index >= 15 is 0 Å². The van der Waals surface area contributed by atoms with Gasteiger partial charge in [0, 0.05) is 30.3 Å². The summed E-state index contributed by atoms with van der Waals surface area (Å²) in [4.78, 5) is 23.8. The van der Waals surface area contributed by atoms with Crippen molar-refractivity contribution in [2.75, 3.05) is 25.0 Å². The first-order valence-electron chi connectivity index (χ1n) is 8.70. The smallest absolute Gasteiger partial charge is 0.313 e. The van der Waals surface area contributed by atoms with Crippen molar-refractivity contribution in [3.8, 4) is 0 Å². The van der Waals surface area contributed by atoms with Gasteiger partial charge < -0.3 is 10.6 Å². The van der Waals surface area contributed by atoms with Crippen LogP contribution in [-0.2, 0) is 19.6 Å². The summed E-state index contributed by atoms with van der Waals surface area (Å²) in [5, 5.41) is 5.49. The molecule has 1 aromatic rings. The number of nitrogens with one attached hydrogen (secondary N) is 2. The Balaban J connectivity index is 1.41. The van der Waals surface area contributed by atoms with E-state index in [0.717, 1.165) is 12.8 Å². The number of nitrogens with zero attached hydrogens (tertiary/aromatic N) is 1. The molecule has 1 saturated heterocycles. The summed E-state index contributed by atoms with van der Waals surface area (Å²) in [6, 6.07) is 6.48. The second-order valence-corrected chi connectivity index (χ2v) is 9.41. The molecule has 2 aliphatic rings. The number of carbonyl (C=O) groups excluding carboxylic acids is 2. The monoisotopic (exact) mass is 399 g/mol. The molecule has 2 N–H and O–H groups in total. The minimum atomic E-state index is -3.12. The standard InChI is InChI=1S/C17H22ClN3O4S/c18-13-1-3-14(4-2-13)20-17(23)16(22)19-11-12-7-9-21(10-8-12)26(24,25)15-5-6-15/h1-4,12,15H,5-11H2,(H,19,22)(H,20,23). The summed E-state index contributed by atoms with van der Waals surface area (Å²) >= 11 is 5.77. The van der Waals surface area contributed by atoms with Crippen molar-refractivity contribution in [3.63, 3.8) is 0 Å². The molecule has 9 heteroatoms. The Labute approximate surface area is 158 Å². The average molecular weight is 400 g/mol. The molecule has 0 atom stereocenters. The van der Waals surface area contributed by atoms with E-state index in [4.69, 9.17) is 11.6 Å². The predicted octanol–water partition coefficient (Wildman–Crippen LogP) is 1.60. The van der Waals surface area contributed by atoms with E-state index in [-0.39, 0.29) is 11.2 Å². The van der Waals surface area contributed by atoms with Crippen LogP contribution >= 0.6 is 11.6 Å². The summed E-state index contributed by atoms with van der Waals surface area (Å²) in [7, 11) is -3.12. The first kappa shape index (κ1) is 19.1. The minimum Gasteiger partial charge on any atom is -0.348 e. The molecule has 1 heterocycles. The molecule has 1 aliphatic heterocycles. The molecule has 0 unspecified atom stereocenters. The van der Waals surface area contributed by atoms with Crippen molar-refractivity contribution in [3.05, 3.63) is 29.3 Å². The van der Waals surface area contributed by atoms with E-state index in [0.29, 0.717) is 43.2 Å². The number of benzene rings is 1. The molecule has 2 fully saturated rings. The number of piperidine rings is 1. The Bertz CT molecular complexity index is 770. The van der Waals surface area contributed by atoms with Crippen LogP contribution in [0.4, 0.5) is 5.69 Å². The fraction of sp³-hybridized carbons (Fsp3) is 0.529. The molecule has 0 spiro atoms. The second-order valence-electron chi connectivity index (χ2n) is 6.76. The average Bonchev–Trinajstić information content (AvgIpc) is 3.47. The van der Waals surface area contributed by atoms with Gasteiger partial charge in [0.1, 0.15) is 0 Å². The molecule has 1 saturated carbocycles. The Morgan fingerprint density at radius 1 is 1.04 bits per heavy atom. The zero-order valence-electron chi connectivity index (χ0n) is 14.3. The molecule has 0 radical (unpaired) electrons. The number of amides is 2. The van der Waals surface area contributed by atoms with Gasteiger partial charge in [0.2, 0.25) is 10.0 Å². The maximum Gasteiger partial charge on any atom is 0.313 e. The van der Waals surface area contributed by atoms with E-state index in [2.05, 4.69) is 10.6 Å². The largest absolute Gasteiger partial charge is 0.348 e. The summed E-state index contributed by atoms with van der Waals surface area (Å²) in [5.74, 6) is -1.26. The number of hydrogen-bond donors (Lipinski definition) is 2. The number of halogens is 1. The zero-order chi connectivity index (χ0) is 18.7. The molecule has 7 nitrogen and oxygen atoms in total. The van der Waals surface area contributed by atoms with E-state index < -0.39 is 21.8 Å². The summed E-state index contributed by atoms with van der Waals surface area (Å²) in [6.07, 6.45) is 2.90. The van der Waals surface area contributed by atoms with Crippen molar-refractivity contribution >= 4 is 39.1 Å². The van der Waals surface area contributed by atoms with Gasteiger partial charge in [-0.25, -0.2) is 12.7 Å². The highest BCUT2D eigenvalue weighted by molar-refractivity contribution is 7.90. The Morgan fingerprint density at radius 2 is 1.65 bits per heavy atom. The van der Waals surface area contributed by atoms with Crippen LogP contribution in [0.15, 0.2) is 24.3 Å². The lowest BCUT2D eigenvalue weighted by atomic mass is 9.98. The SMILES string of the molecule is O=C(NCC1CCN(S(=O)(=O)C2CC2)CC1)C(=O)Nc1ccc(Cl)cc1. The van der Waals surface area contributed by atoms with Crippen molar-refractivity contribution in [1.29, 1.82) is 0 Å². The molecular weight excluding hydrogens is 378 g/mol. The van der Waals surface area contributed by atoms with Gasteiger partial charge in [-0.05, 0) is 55.9 Å². The fourth-order valence-electron chi connectivity index (χ4n) is 2.98. The van der Waals surface area contributed by atoms with Gasteiger partial charge in [-0.15, -0.1) is 0 Å². The molecule has 1 aliphatic carbocycles. The molecule has 3 rings (SSSR count). The lowest BCUT2D eigenvalue weighted by Gasteiger charge is -2.31. The summed E-state index contributed by atoms with van der Waals surface area (Å²) < 4.78 is 26.0. The zero-order valence-corrected chi connectivity index (χ0v) is 15.9. The van der Waals surface area contributed by atoms with Gasteiger partial charge in [-0.3, -0.25) is 9.59 Å². The third kappa shape index (κ3) is 4.75. The molecule has 0 aromatic heterocycles. The number of rotatable bonds is 5. The van der Waals surface area contributed by atoms with Gasteiger partial charge in [-0.2, -0.15) is 0 Å². The van der Waals surface area contributed by atoms with Crippen LogP contribution in [0.1, 0.15) is 25.7 Å². The van der Waals surface area contributed by atoms with Crippen LogP contribution < -0.4 is 10.6 Å². The first-order chi connectivity index (χ1) is 12.4. The summed E-state index contributed by atoms with van der Waals surface area (Å²) in [6.45, 7) is 1.33. The highest BCUT2D eigenvalue weighted by Gasteiger charge is 2.41. The van der Waals surface area contributed by atoms with E-state index in [1.807, 2.05) is 0 Å². The van der Waals surface area contributed by atoms with Crippen LogP contribution in [0, 0.1) is 5.92 Å². The van der Waals surface area contributed by atoms with Gasteiger partial charge in [0.15, 0.2) is 0 Å². The molecule has 142 valence electrons. The van der Waals surface area contributed by atoms with Crippen LogP contribution in [0.5, 0.6) is 0 Å². The van der Waals surface area contributed by atoms with Gasteiger partial charge in [0.05, 0.1) is 5.25 Å². The number of hydrogen-bond acceptors (Lipinski definition) is 4. The molecular formula is C17H22ClN3O4S. The van der Waals surface area contributed by atoms with Crippen molar-refractivity contribution in [2.24, 2.45) is 5.92 Å². The first-order valence-corrected chi connectivity index (χ1v) is 10.6. The van der Waals surface area contributed by atoms with E-state index in [1.54, 1.807) is 28.6 Å². The summed E-state index contributed by atoms with van der Waals surface area (Å²) in [5.41, 5.74) is 0.494. The van der Waals surface area contributed by atoms with Crippen molar-refractivity contribution in [2.45, 2.75) is 30.9 Å². The maximum atomic E-state index is 12.2. The van der Waals surface area contributed by atoms with E-state index in [9.17, 15) is 18.0 Å². The maximum absolute atomic E-state index is 12.2. The van der Waals surface area contributed by atoms with E-state index in [1.165, 1.54) is 0 Å². The van der Waals surface area contributed by atoms with Crippen LogP contribution in [-0.4, -0.2) is 49.4 Å². The van der Waals surface area contributed by atoms with Crippen molar-refractivity contribution < 1.29 is 18.0 Å². The Hall–Kier alpha value is -1.64. The second kappa shape index (κ2) is 7.94. The van der Waals surface area contributed by atoms with Crippen LogP contribution in [0.3, 0.4) is 0 Å². The normalized spacial score (nSPS) is 19.1. The quantitative estimate of drug-likeness (QED) is 0.735. The lowest BCUT2D eigenvalue weighted by Crippen LogP contribution is -2.44. The number of anilines is 1. The molecule has 1 aromatic carbocycles. The number of sulfonamides is 1. The molecule has 26 heavy (non-hydrogen) atoms. The minimum absolute atomic E-state index is 0.174. The highest BCUT2D eigenvalue weighted by Crippen LogP contribution is 2.33. The van der Waals surface area contributed by atoms with Crippen LogP contribution in [0.25, 0.3) is 0 Å². The third-order valence-electron chi connectivity index (χ3n) is 4.74. The Kier molecular flexibility index (Phi) is 5.84. The van der Waals surface area contributed by atoms with Gasteiger partial charge >= 0.3 is 11.8 Å². The molecule has 2 amide bonds. The predicted molar refractivity (Wildman–Crippen MR) is 99.3 cm³/mol. The lowest BCUT2D eigenvalue weighted by molar-refractivity contribution is -0.136. The topological polar surface area (TPSA) is 95.6 Å². The van der Waals surface area contributed by atoms with Gasteiger partial charge in [0.25, 0.3) is 0 Å². The number of carbonyl (C=O) groups is 2.